The first-order chi connectivity index (χ1) is 7.58. The zero-order valence-corrected chi connectivity index (χ0v) is 10.5. The van der Waals surface area contributed by atoms with Crippen molar-refractivity contribution in [2.45, 2.75) is 45.3 Å². The molecule has 1 fully saturated rings. The molecule has 0 spiro atoms. The summed E-state index contributed by atoms with van der Waals surface area (Å²) in [6, 6.07) is 0.976. The molecule has 16 heavy (non-hydrogen) atoms. The quantitative estimate of drug-likeness (QED) is 0.813. The van der Waals surface area contributed by atoms with E-state index in [9.17, 15) is 0 Å². The van der Waals surface area contributed by atoms with Gasteiger partial charge in [0.05, 0.1) is 6.20 Å². The molecule has 2 unspecified atom stereocenters. The second kappa shape index (κ2) is 4.55. The fraction of sp³-hybridized carbons (Fsp3) is 0.750. The molecule has 2 rings (SSSR count). The summed E-state index contributed by atoms with van der Waals surface area (Å²) in [6.07, 6.45) is 4.21. The number of nitrogens with zero attached hydrogens (tertiary/aromatic N) is 3. The molecule has 90 valence electrons. The van der Waals surface area contributed by atoms with E-state index >= 15 is 0 Å². The lowest BCUT2D eigenvalue weighted by molar-refractivity contribution is 0.139. The molecule has 1 aliphatic rings. The van der Waals surface area contributed by atoms with Crippen LogP contribution >= 0.6 is 0 Å². The predicted molar refractivity (Wildman–Crippen MR) is 65.0 cm³/mol. The summed E-state index contributed by atoms with van der Waals surface area (Å²) in [5.41, 5.74) is 8.58. The first kappa shape index (κ1) is 11.6. The summed E-state index contributed by atoms with van der Waals surface area (Å²) in [6.45, 7) is 6.51. The second-order valence-electron chi connectivity index (χ2n) is 4.98. The van der Waals surface area contributed by atoms with Gasteiger partial charge in [-0.15, -0.1) is 0 Å². The van der Waals surface area contributed by atoms with Crippen LogP contribution in [-0.2, 0) is 13.6 Å². The van der Waals surface area contributed by atoms with E-state index in [2.05, 4.69) is 23.8 Å². The lowest BCUT2D eigenvalue weighted by Gasteiger charge is -2.36. The third-order valence-corrected chi connectivity index (χ3v) is 3.76. The summed E-state index contributed by atoms with van der Waals surface area (Å²) in [4.78, 5) is 2.51. The van der Waals surface area contributed by atoms with Gasteiger partial charge >= 0.3 is 0 Å². The normalized spacial score (nSPS) is 27.2. The molecule has 1 saturated heterocycles. The van der Waals surface area contributed by atoms with Gasteiger partial charge in [0.25, 0.3) is 0 Å². The number of aryl methyl sites for hydroxylation is 1. The molecule has 2 heterocycles. The Morgan fingerprint density at radius 3 is 2.88 bits per heavy atom. The van der Waals surface area contributed by atoms with Gasteiger partial charge in [-0.2, -0.15) is 5.10 Å². The highest BCUT2D eigenvalue weighted by molar-refractivity contribution is 5.15. The van der Waals surface area contributed by atoms with Crippen molar-refractivity contribution in [3.63, 3.8) is 0 Å². The molecule has 2 N–H and O–H groups in total. The number of nitrogens with two attached hydrogens (primary N) is 1. The molecule has 4 nitrogen and oxygen atoms in total. The van der Waals surface area contributed by atoms with Crippen LogP contribution < -0.4 is 5.73 Å². The molecule has 0 aromatic carbocycles. The number of hydrogen-bond donors (Lipinski definition) is 1. The van der Waals surface area contributed by atoms with Crippen molar-refractivity contribution in [1.82, 2.24) is 14.7 Å². The van der Waals surface area contributed by atoms with Gasteiger partial charge in [0.2, 0.25) is 0 Å². The first-order valence-electron chi connectivity index (χ1n) is 6.05. The van der Waals surface area contributed by atoms with E-state index in [1.807, 2.05) is 17.9 Å². The van der Waals surface area contributed by atoms with Gasteiger partial charge in [0.1, 0.15) is 0 Å². The third-order valence-electron chi connectivity index (χ3n) is 3.76. The van der Waals surface area contributed by atoms with Gasteiger partial charge in [0.15, 0.2) is 0 Å². The summed E-state index contributed by atoms with van der Waals surface area (Å²) >= 11 is 0. The zero-order chi connectivity index (χ0) is 11.7. The van der Waals surface area contributed by atoms with E-state index in [0.717, 1.165) is 25.9 Å². The van der Waals surface area contributed by atoms with Crippen molar-refractivity contribution >= 4 is 0 Å². The Morgan fingerprint density at radius 1 is 1.56 bits per heavy atom. The molecule has 0 saturated carbocycles. The van der Waals surface area contributed by atoms with E-state index < -0.39 is 0 Å². The van der Waals surface area contributed by atoms with Crippen LogP contribution in [0.2, 0.25) is 0 Å². The number of likely N-dealkylation sites (tertiary alicyclic amines) is 1. The highest BCUT2D eigenvalue weighted by Crippen LogP contribution is 2.19. The largest absolute Gasteiger partial charge is 0.328 e. The predicted octanol–water partition coefficient (Wildman–Crippen LogP) is 1.04. The summed E-state index contributed by atoms with van der Waals surface area (Å²) < 4.78 is 1.94. The standard InChI is InChI=1S/C12H22N4/c1-9-6-12(13)4-5-16(9)8-11-7-14-15(3)10(11)2/h7,9,12H,4-6,8,13H2,1-3H3. The number of aromatic nitrogens is 2. The second-order valence-corrected chi connectivity index (χ2v) is 4.98. The Hall–Kier alpha value is -0.870. The van der Waals surface area contributed by atoms with Crippen molar-refractivity contribution in [3.8, 4) is 0 Å². The van der Waals surface area contributed by atoms with Crippen molar-refractivity contribution in [2.24, 2.45) is 12.8 Å². The SMILES string of the molecule is Cc1c(CN2CCC(N)CC2C)cnn1C. The number of hydrogen-bond acceptors (Lipinski definition) is 3. The highest BCUT2D eigenvalue weighted by Gasteiger charge is 2.23. The van der Waals surface area contributed by atoms with E-state index in [1.165, 1.54) is 11.3 Å². The maximum Gasteiger partial charge on any atom is 0.0537 e. The molecule has 0 aliphatic carbocycles. The number of piperidine rings is 1. The van der Waals surface area contributed by atoms with Gasteiger partial charge in [-0.1, -0.05) is 0 Å². The molecular weight excluding hydrogens is 200 g/mol. The van der Waals surface area contributed by atoms with Crippen LogP contribution in [0.5, 0.6) is 0 Å². The Kier molecular flexibility index (Phi) is 3.30. The molecule has 1 aromatic heterocycles. The average Bonchev–Trinajstić information content (AvgIpc) is 2.54. The van der Waals surface area contributed by atoms with Gasteiger partial charge in [0, 0.05) is 43.5 Å². The van der Waals surface area contributed by atoms with Gasteiger partial charge < -0.3 is 5.73 Å². The molecule has 0 radical (unpaired) electrons. The molecule has 1 aliphatic heterocycles. The monoisotopic (exact) mass is 222 g/mol. The minimum Gasteiger partial charge on any atom is -0.328 e. The van der Waals surface area contributed by atoms with E-state index in [0.29, 0.717) is 12.1 Å². The van der Waals surface area contributed by atoms with E-state index in [-0.39, 0.29) is 0 Å². The summed E-state index contributed by atoms with van der Waals surface area (Å²) in [7, 11) is 1.99. The smallest absolute Gasteiger partial charge is 0.0537 e. The summed E-state index contributed by atoms with van der Waals surface area (Å²) in [5.74, 6) is 0. The number of rotatable bonds is 2. The van der Waals surface area contributed by atoms with E-state index in [4.69, 9.17) is 5.73 Å². The Labute approximate surface area is 97.4 Å². The molecule has 4 heteroatoms. The minimum atomic E-state index is 0.390. The van der Waals surface area contributed by atoms with Crippen LogP contribution in [0.15, 0.2) is 6.20 Å². The Morgan fingerprint density at radius 2 is 2.31 bits per heavy atom. The average molecular weight is 222 g/mol. The van der Waals surface area contributed by atoms with Crippen molar-refractivity contribution < 1.29 is 0 Å². The molecule has 0 bridgehead atoms. The Bertz CT molecular complexity index is 358. The topological polar surface area (TPSA) is 47.1 Å². The van der Waals surface area contributed by atoms with Gasteiger partial charge in [-0.05, 0) is 26.7 Å². The van der Waals surface area contributed by atoms with Crippen molar-refractivity contribution in [2.75, 3.05) is 6.54 Å². The molecular formula is C12H22N4. The zero-order valence-electron chi connectivity index (χ0n) is 10.5. The van der Waals surface area contributed by atoms with Crippen LogP contribution in [-0.4, -0.2) is 33.3 Å². The van der Waals surface area contributed by atoms with Crippen LogP contribution in [0, 0.1) is 6.92 Å². The third kappa shape index (κ3) is 2.28. The maximum atomic E-state index is 5.97. The molecule has 0 amide bonds. The molecule has 2 atom stereocenters. The Balaban J connectivity index is 2.02. The lowest BCUT2D eigenvalue weighted by atomic mass is 9.98. The van der Waals surface area contributed by atoms with Crippen LogP contribution in [0.4, 0.5) is 0 Å². The van der Waals surface area contributed by atoms with Crippen molar-refractivity contribution in [1.29, 1.82) is 0 Å². The van der Waals surface area contributed by atoms with Crippen LogP contribution in [0.3, 0.4) is 0 Å². The molecule has 1 aromatic rings. The fourth-order valence-electron chi connectivity index (χ4n) is 2.41. The fourth-order valence-corrected chi connectivity index (χ4v) is 2.41. The van der Waals surface area contributed by atoms with Crippen LogP contribution in [0.25, 0.3) is 0 Å². The summed E-state index contributed by atoms with van der Waals surface area (Å²) in [5, 5.41) is 4.29. The van der Waals surface area contributed by atoms with Crippen LogP contribution in [0.1, 0.15) is 31.0 Å². The first-order valence-corrected chi connectivity index (χ1v) is 6.05. The maximum absolute atomic E-state index is 5.97. The lowest BCUT2D eigenvalue weighted by Crippen LogP contribution is -2.45. The van der Waals surface area contributed by atoms with Gasteiger partial charge in [-0.3, -0.25) is 9.58 Å². The highest BCUT2D eigenvalue weighted by atomic mass is 15.3. The van der Waals surface area contributed by atoms with E-state index in [1.54, 1.807) is 0 Å². The van der Waals surface area contributed by atoms with Gasteiger partial charge in [-0.25, -0.2) is 0 Å². The minimum absolute atomic E-state index is 0.390. The van der Waals surface area contributed by atoms with Crippen molar-refractivity contribution in [3.05, 3.63) is 17.5 Å².